The highest BCUT2D eigenvalue weighted by molar-refractivity contribution is 5.73. The molecular weight excluding hydrogens is 254 g/mol. The summed E-state index contributed by atoms with van der Waals surface area (Å²) in [6, 6.07) is 8.01. The Labute approximate surface area is 121 Å². The fourth-order valence-corrected chi connectivity index (χ4v) is 1.57. The average molecular weight is 279 g/mol. The number of hydrogen-bond acceptors (Lipinski definition) is 3. The summed E-state index contributed by atoms with van der Waals surface area (Å²) >= 11 is 0. The molecule has 1 aromatic rings. The Morgan fingerprint density at radius 2 is 1.90 bits per heavy atom. The lowest BCUT2D eigenvalue weighted by molar-refractivity contribution is 0.217. The van der Waals surface area contributed by atoms with Crippen molar-refractivity contribution in [1.29, 1.82) is 0 Å². The number of urea groups is 1. The van der Waals surface area contributed by atoms with Crippen LogP contribution in [-0.2, 0) is 6.54 Å². The molecule has 0 radical (unpaired) electrons. The maximum atomic E-state index is 11.3. The standard InChI is InChI=1S/C15H25N3O2/c1-4-11-20-14-7-5-13(6-8-14)12-16-9-10-17-15(19)18(2)3/h5-8,16H,4,9-12H2,1-3H3,(H,17,19). The highest BCUT2D eigenvalue weighted by atomic mass is 16.5. The summed E-state index contributed by atoms with van der Waals surface area (Å²) in [6.45, 7) is 4.99. The molecule has 1 aromatic carbocycles. The van der Waals surface area contributed by atoms with E-state index in [9.17, 15) is 4.79 Å². The van der Waals surface area contributed by atoms with Crippen LogP contribution in [0.1, 0.15) is 18.9 Å². The molecule has 0 bridgehead atoms. The SMILES string of the molecule is CCCOc1ccc(CNCCNC(=O)N(C)C)cc1. The van der Waals surface area contributed by atoms with E-state index in [4.69, 9.17) is 4.74 Å². The highest BCUT2D eigenvalue weighted by Crippen LogP contribution is 2.12. The van der Waals surface area contributed by atoms with Crippen molar-refractivity contribution in [2.75, 3.05) is 33.8 Å². The maximum Gasteiger partial charge on any atom is 0.316 e. The molecule has 0 spiro atoms. The van der Waals surface area contributed by atoms with Gasteiger partial charge in [-0.25, -0.2) is 4.79 Å². The number of nitrogens with one attached hydrogen (secondary N) is 2. The number of carbonyl (C=O) groups excluding carboxylic acids is 1. The van der Waals surface area contributed by atoms with Crippen LogP contribution in [0, 0.1) is 0 Å². The van der Waals surface area contributed by atoms with Crippen molar-refractivity contribution in [1.82, 2.24) is 15.5 Å². The van der Waals surface area contributed by atoms with Crippen LogP contribution in [0.2, 0.25) is 0 Å². The van der Waals surface area contributed by atoms with E-state index in [0.29, 0.717) is 6.54 Å². The molecule has 1 rings (SSSR count). The molecule has 0 aromatic heterocycles. The van der Waals surface area contributed by atoms with Crippen molar-refractivity contribution >= 4 is 6.03 Å². The second-order valence-corrected chi connectivity index (χ2v) is 4.80. The van der Waals surface area contributed by atoms with Gasteiger partial charge in [-0.2, -0.15) is 0 Å². The number of rotatable bonds is 8. The number of ether oxygens (including phenoxy) is 1. The Balaban J connectivity index is 2.17. The molecule has 0 fully saturated rings. The molecule has 0 saturated carbocycles. The minimum absolute atomic E-state index is 0.0655. The molecule has 112 valence electrons. The van der Waals surface area contributed by atoms with E-state index in [-0.39, 0.29) is 6.03 Å². The molecule has 5 heteroatoms. The molecule has 2 N–H and O–H groups in total. The van der Waals surface area contributed by atoms with Gasteiger partial charge in [-0.1, -0.05) is 19.1 Å². The van der Waals surface area contributed by atoms with Crippen molar-refractivity contribution < 1.29 is 9.53 Å². The number of amides is 2. The van der Waals surface area contributed by atoms with Gasteiger partial charge in [-0.3, -0.25) is 0 Å². The minimum atomic E-state index is -0.0655. The molecule has 0 atom stereocenters. The lowest BCUT2D eigenvalue weighted by Gasteiger charge is -2.12. The Bertz CT molecular complexity index is 391. The number of hydrogen-bond donors (Lipinski definition) is 2. The van der Waals surface area contributed by atoms with Gasteiger partial charge >= 0.3 is 6.03 Å². The van der Waals surface area contributed by atoms with E-state index in [0.717, 1.165) is 31.9 Å². The topological polar surface area (TPSA) is 53.6 Å². The van der Waals surface area contributed by atoms with Crippen LogP contribution in [0.3, 0.4) is 0 Å². The van der Waals surface area contributed by atoms with Gasteiger partial charge in [0.05, 0.1) is 6.61 Å². The molecule has 0 aliphatic rings. The molecule has 5 nitrogen and oxygen atoms in total. The lowest BCUT2D eigenvalue weighted by Crippen LogP contribution is -2.38. The lowest BCUT2D eigenvalue weighted by atomic mass is 10.2. The van der Waals surface area contributed by atoms with Crippen LogP contribution < -0.4 is 15.4 Å². The minimum Gasteiger partial charge on any atom is -0.494 e. The van der Waals surface area contributed by atoms with Gasteiger partial charge in [-0.15, -0.1) is 0 Å². The fraction of sp³-hybridized carbons (Fsp3) is 0.533. The van der Waals surface area contributed by atoms with E-state index < -0.39 is 0 Å². The van der Waals surface area contributed by atoms with Gasteiger partial charge in [0.15, 0.2) is 0 Å². The van der Waals surface area contributed by atoms with E-state index >= 15 is 0 Å². The first-order chi connectivity index (χ1) is 9.63. The van der Waals surface area contributed by atoms with E-state index in [1.54, 1.807) is 14.1 Å². The van der Waals surface area contributed by atoms with Gasteiger partial charge in [0.2, 0.25) is 0 Å². The molecule has 0 saturated heterocycles. The Morgan fingerprint density at radius 3 is 2.50 bits per heavy atom. The van der Waals surface area contributed by atoms with Crippen LogP contribution in [0.5, 0.6) is 5.75 Å². The fourth-order valence-electron chi connectivity index (χ4n) is 1.57. The third kappa shape index (κ3) is 6.43. The third-order valence-corrected chi connectivity index (χ3v) is 2.71. The first-order valence-corrected chi connectivity index (χ1v) is 7.01. The normalized spacial score (nSPS) is 10.2. The zero-order chi connectivity index (χ0) is 14.8. The van der Waals surface area contributed by atoms with Crippen molar-refractivity contribution in [3.8, 4) is 5.75 Å². The van der Waals surface area contributed by atoms with Crippen molar-refractivity contribution in [3.63, 3.8) is 0 Å². The summed E-state index contributed by atoms with van der Waals surface area (Å²) < 4.78 is 5.53. The van der Waals surface area contributed by atoms with Crippen molar-refractivity contribution in [2.45, 2.75) is 19.9 Å². The van der Waals surface area contributed by atoms with Gasteiger partial charge < -0.3 is 20.3 Å². The van der Waals surface area contributed by atoms with Crippen LogP contribution in [-0.4, -0.2) is 44.7 Å². The summed E-state index contributed by atoms with van der Waals surface area (Å²) in [4.78, 5) is 12.8. The Hall–Kier alpha value is -1.75. The number of carbonyl (C=O) groups is 1. The largest absolute Gasteiger partial charge is 0.494 e. The van der Waals surface area contributed by atoms with Crippen LogP contribution in [0.4, 0.5) is 4.79 Å². The quantitative estimate of drug-likeness (QED) is 0.714. The highest BCUT2D eigenvalue weighted by Gasteiger charge is 2.00. The predicted octanol–water partition coefficient (Wildman–Crippen LogP) is 1.84. The Kier molecular flexibility index (Phi) is 7.50. The van der Waals surface area contributed by atoms with Crippen LogP contribution in [0.25, 0.3) is 0 Å². The molecular formula is C15H25N3O2. The zero-order valence-corrected chi connectivity index (χ0v) is 12.6. The maximum absolute atomic E-state index is 11.3. The smallest absolute Gasteiger partial charge is 0.316 e. The summed E-state index contributed by atoms with van der Waals surface area (Å²) in [7, 11) is 3.45. The third-order valence-electron chi connectivity index (χ3n) is 2.71. The van der Waals surface area contributed by atoms with Crippen LogP contribution >= 0.6 is 0 Å². The van der Waals surface area contributed by atoms with Gasteiger partial charge in [0.25, 0.3) is 0 Å². The molecule has 0 unspecified atom stereocenters. The zero-order valence-electron chi connectivity index (χ0n) is 12.6. The van der Waals surface area contributed by atoms with Gasteiger partial charge in [0.1, 0.15) is 5.75 Å². The molecule has 2 amide bonds. The number of benzene rings is 1. The summed E-state index contributed by atoms with van der Waals surface area (Å²) in [5.74, 6) is 0.911. The summed E-state index contributed by atoms with van der Waals surface area (Å²) in [5, 5.41) is 6.09. The second-order valence-electron chi connectivity index (χ2n) is 4.80. The Morgan fingerprint density at radius 1 is 1.20 bits per heavy atom. The molecule has 20 heavy (non-hydrogen) atoms. The monoisotopic (exact) mass is 279 g/mol. The summed E-state index contributed by atoms with van der Waals surface area (Å²) in [6.07, 6.45) is 1.02. The van der Waals surface area contributed by atoms with Crippen molar-refractivity contribution in [2.24, 2.45) is 0 Å². The van der Waals surface area contributed by atoms with Gasteiger partial charge in [-0.05, 0) is 24.1 Å². The van der Waals surface area contributed by atoms with E-state index in [1.165, 1.54) is 10.5 Å². The summed E-state index contributed by atoms with van der Waals surface area (Å²) in [5.41, 5.74) is 1.20. The van der Waals surface area contributed by atoms with Gasteiger partial charge in [0, 0.05) is 33.7 Å². The molecule has 0 aliphatic heterocycles. The average Bonchev–Trinajstić information content (AvgIpc) is 2.45. The molecule has 0 aliphatic carbocycles. The predicted molar refractivity (Wildman–Crippen MR) is 81.0 cm³/mol. The van der Waals surface area contributed by atoms with Crippen molar-refractivity contribution in [3.05, 3.63) is 29.8 Å². The van der Waals surface area contributed by atoms with E-state index in [2.05, 4.69) is 29.7 Å². The van der Waals surface area contributed by atoms with Crippen LogP contribution in [0.15, 0.2) is 24.3 Å². The number of nitrogens with zero attached hydrogens (tertiary/aromatic N) is 1. The first-order valence-electron chi connectivity index (χ1n) is 7.01. The molecule has 0 heterocycles. The van der Waals surface area contributed by atoms with E-state index in [1.807, 2.05) is 12.1 Å². The second kappa shape index (κ2) is 9.20. The first kappa shape index (κ1) is 16.3.